The Kier molecular flexibility index (Phi) is 4.00. The lowest BCUT2D eigenvalue weighted by Crippen LogP contribution is -2.42. The molecule has 0 unspecified atom stereocenters. The quantitative estimate of drug-likeness (QED) is 0.232. The number of aliphatic hydroxyl groups is 3. The van der Waals surface area contributed by atoms with Crippen LogP contribution >= 0.6 is 7.60 Å². The maximum atomic E-state index is 11.0. The molecule has 1 fully saturated rings. The molecule has 11 nitrogen and oxygen atoms in total. The van der Waals surface area contributed by atoms with E-state index in [2.05, 4.69) is 11.3 Å². The van der Waals surface area contributed by atoms with E-state index in [9.17, 15) is 24.7 Å². The summed E-state index contributed by atoms with van der Waals surface area (Å²) in [5.41, 5.74) is 4.43. The lowest BCUT2D eigenvalue weighted by molar-refractivity contribution is -0.115. The third-order valence-corrected chi connectivity index (χ3v) is 3.79. The first-order valence-electron chi connectivity index (χ1n) is 5.66. The van der Waals surface area contributed by atoms with E-state index in [4.69, 9.17) is 20.3 Å². The van der Waals surface area contributed by atoms with Gasteiger partial charge in [-0.1, -0.05) is 0 Å². The second kappa shape index (κ2) is 5.32. The summed E-state index contributed by atoms with van der Waals surface area (Å²) in [4.78, 5) is 32.8. The summed E-state index contributed by atoms with van der Waals surface area (Å²) < 4.78 is 16.0. The van der Waals surface area contributed by atoms with Crippen molar-refractivity contribution >= 4 is 19.8 Å². The molecule has 2 aliphatic rings. The maximum absolute atomic E-state index is 11.0. The number of hydrogen-bond donors (Lipinski definition) is 6. The molecular weight excluding hydrogens is 309 g/mol. The Morgan fingerprint density at radius 3 is 2.52 bits per heavy atom. The SMILES string of the molecule is NC(=O)C1=C(O)N([C@@H]2O[C@H](CP(=O)(O)O)[C@@H](O)[C@H]2O)[C+]=N1. The monoisotopic (exact) mass is 322 g/mol. The van der Waals surface area contributed by atoms with Crippen LogP contribution in [0.25, 0.3) is 0 Å². The van der Waals surface area contributed by atoms with Gasteiger partial charge < -0.3 is 35.6 Å². The van der Waals surface area contributed by atoms with Crippen LogP contribution in [-0.2, 0) is 14.1 Å². The summed E-state index contributed by atoms with van der Waals surface area (Å²) in [5.74, 6) is -1.78. The number of aliphatic hydroxyl groups excluding tert-OH is 3. The molecular formula is C9H13N3O8P+. The molecule has 2 heterocycles. The van der Waals surface area contributed by atoms with Gasteiger partial charge in [-0.15, -0.1) is 4.90 Å². The number of rotatable bonds is 4. The average Bonchev–Trinajstić information content (AvgIpc) is 2.83. The highest BCUT2D eigenvalue weighted by molar-refractivity contribution is 7.51. The number of ether oxygens (including phenoxy) is 1. The molecule has 4 atom stereocenters. The minimum Gasteiger partial charge on any atom is -0.423 e. The summed E-state index contributed by atoms with van der Waals surface area (Å²) >= 11 is 0. The van der Waals surface area contributed by atoms with Crippen LogP contribution in [0.5, 0.6) is 0 Å². The predicted molar refractivity (Wildman–Crippen MR) is 65.7 cm³/mol. The van der Waals surface area contributed by atoms with Gasteiger partial charge in [0.15, 0.2) is 0 Å². The fourth-order valence-corrected chi connectivity index (χ4v) is 2.76. The maximum Gasteiger partial charge on any atom is 0.387 e. The molecule has 2 rings (SSSR count). The second-order valence-electron chi connectivity index (χ2n) is 4.51. The Labute approximate surface area is 118 Å². The molecule has 12 heteroatoms. The fourth-order valence-electron chi connectivity index (χ4n) is 1.99. The van der Waals surface area contributed by atoms with Crippen molar-refractivity contribution in [3.63, 3.8) is 0 Å². The summed E-state index contributed by atoms with van der Waals surface area (Å²) in [5, 5.41) is 29.3. The summed E-state index contributed by atoms with van der Waals surface area (Å²) in [6.07, 6.45) is -4.66. The van der Waals surface area contributed by atoms with Crippen molar-refractivity contribution in [2.45, 2.75) is 24.5 Å². The Morgan fingerprint density at radius 2 is 2.05 bits per heavy atom. The first kappa shape index (κ1) is 15.8. The minimum atomic E-state index is -4.49. The normalized spacial score (nSPS) is 32.7. The third kappa shape index (κ3) is 3.04. The molecule has 1 saturated heterocycles. The van der Waals surface area contributed by atoms with E-state index in [0.29, 0.717) is 4.90 Å². The number of nitrogens with zero attached hydrogens (tertiary/aromatic N) is 2. The van der Waals surface area contributed by atoms with E-state index in [-0.39, 0.29) is 0 Å². The van der Waals surface area contributed by atoms with Crippen molar-refractivity contribution in [2.75, 3.05) is 6.16 Å². The van der Waals surface area contributed by atoms with Gasteiger partial charge in [0.1, 0.15) is 18.3 Å². The van der Waals surface area contributed by atoms with Gasteiger partial charge in [0.2, 0.25) is 6.23 Å². The largest absolute Gasteiger partial charge is 0.423 e. The highest BCUT2D eigenvalue weighted by atomic mass is 31.2. The Morgan fingerprint density at radius 1 is 1.43 bits per heavy atom. The zero-order valence-electron chi connectivity index (χ0n) is 10.4. The number of primary amides is 1. The number of hydrogen-bond acceptors (Lipinski definition) is 8. The zero-order chi connectivity index (χ0) is 15.9. The second-order valence-corrected chi connectivity index (χ2v) is 6.21. The zero-order valence-corrected chi connectivity index (χ0v) is 11.3. The Bertz CT molecular complexity index is 557. The van der Waals surface area contributed by atoms with Crippen molar-refractivity contribution in [2.24, 2.45) is 10.7 Å². The van der Waals surface area contributed by atoms with Gasteiger partial charge in [-0.25, -0.2) is 4.79 Å². The highest BCUT2D eigenvalue weighted by Crippen LogP contribution is 2.40. The van der Waals surface area contributed by atoms with Gasteiger partial charge in [0.25, 0.3) is 6.34 Å². The predicted octanol–water partition coefficient (Wildman–Crippen LogP) is -2.96. The standard InChI is InChI=1S/C9H12N3O8P/c10-7(15)4-8(16)12(2-11-4)9-6(14)5(13)3(20-9)1-21(17,18)19/h3,5-6,9,13-14H,1H2,(H4-,10,15,16,17,18,19)/p+1/t3-,5-,6-,9-/m1/s1. The van der Waals surface area contributed by atoms with Crippen LogP contribution in [-0.4, -0.2) is 73.0 Å². The van der Waals surface area contributed by atoms with E-state index < -0.39 is 55.8 Å². The van der Waals surface area contributed by atoms with Crippen molar-refractivity contribution in [3.8, 4) is 0 Å². The van der Waals surface area contributed by atoms with Crippen molar-refractivity contribution in [1.29, 1.82) is 0 Å². The molecule has 0 spiro atoms. The van der Waals surface area contributed by atoms with Gasteiger partial charge in [-0.2, -0.15) is 0 Å². The lowest BCUT2D eigenvalue weighted by atomic mass is 10.1. The average molecular weight is 322 g/mol. The number of nitrogens with two attached hydrogens (primary N) is 1. The molecule has 0 aliphatic carbocycles. The van der Waals surface area contributed by atoms with Gasteiger partial charge >= 0.3 is 25.1 Å². The number of carbonyl (C=O) groups is 1. The van der Waals surface area contributed by atoms with Gasteiger partial charge in [-0.05, 0) is 4.99 Å². The van der Waals surface area contributed by atoms with E-state index >= 15 is 0 Å². The Balaban J connectivity index is 2.18. The molecule has 0 aromatic rings. The van der Waals surface area contributed by atoms with Gasteiger partial charge in [0.05, 0.1) is 6.16 Å². The minimum absolute atomic E-state index is 0.515. The van der Waals surface area contributed by atoms with E-state index in [1.54, 1.807) is 0 Å². The molecule has 0 aromatic carbocycles. The topological polar surface area (TPSA) is 186 Å². The molecule has 7 N–H and O–H groups in total. The van der Waals surface area contributed by atoms with Crippen molar-refractivity contribution in [1.82, 2.24) is 4.90 Å². The molecule has 1 amide bonds. The highest BCUT2D eigenvalue weighted by Gasteiger charge is 2.53. The molecule has 0 saturated carbocycles. The first-order chi connectivity index (χ1) is 9.61. The van der Waals surface area contributed by atoms with Gasteiger partial charge in [0, 0.05) is 0 Å². The smallest absolute Gasteiger partial charge is 0.387 e. The van der Waals surface area contributed by atoms with Crippen molar-refractivity contribution < 1.29 is 39.2 Å². The fraction of sp³-hybridized carbons (Fsp3) is 0.556. The Hall–Kier alpha value is -1.58. The number of aliphatic imine (C=N–C) groups is 1. The molecule has 21 heavy (non-hydrogen) atoms. The lowest BCUT2D eigenvalue weighted by Gasteiger charge is -2.17. The van der Waals surface area contributed by atoms with E-state index in [0.717, 1.165) is 0 Å². The summed E-state index contributed by atoms with van der Waals surface area (Å²) in [6, 6.07) is 0. The van der Waals surface area contributed by atoms with Crippen LogP contribution in [0.4, 0.5) is 0 Å². The van der Waals surface area contributed by atoms with E-state index in [1.807, 2.05) is 0 Å². The van der Waals surface area contributed by atoms with Crippen LogP contribution < -0.4 is 5.73 Å². The number of carbonyl (C=O) groups excluding carboxylic acids is 1. The summed E-state index contributed by atoms with van der Waals surface area (Å²) in [6.45, 7) is 0. The van der Waals surface area contributed by atoms with Crippen LogP contribution in [0.2, 0.25) is 0 Å². The van der Waals surface area contributed by atoms with Crippen LogP contribution in [0.15, 0.2) is 16.6 Å². The van der Waals surface area contributed by atoms with Crippen LogP contribution in [0.3, 0.4) is 0 Å². The molecule has 0 bridgehead atoms. The molecule has 0 radical (unpaired) electrons. The van der Waals surface area contributed by atoms with E-state index in [1.165, 1.54) is 0 Å². The van der Waals surface area contributed by atoms with Gasteiger partial charge in [-0.3, -0.25) is 4.57 Å². The molecule has 116 valence electrons. The number of amides is 1. The summed E-state index contributed by atoms with van der Waals surface area (Å²) in [7, 11) is -4.49. The van der Waals surface area contributed by atoms with Crippen LogP contribution in [0, 0.1) is 0 Å². The molecule has 2 aliphatic heterocycles. The van der Waals surface area contributed by atoms with Crippen LogP contribution in [0.1, 0.15) is 0 Å². The first-order valence-corrected chi connectivity index (χ1v) is 7.46. The molecule has 0 aromatic heterocycles. The third-order valence-electron chi connectivity index (χ3n) is 2.95. The van der Waals surface area contributed by atoms with Crippen molar-refractivity contribution in [3.05, 3.63) is 11.6 Å².